The molecular weight excluding hydrogens is 596 g/mol. The number of rotatable bonds is 5. The second-order valence-electron chi connectivity index (χ2n) is 18.1. The van der Waals surface area contributed by atoms with Gasteiger partial charge in [0.15, 0.2) is 6.10 Å². The van der Waals surface area contributed by atoms with E-state index in [0.29, 0.717) is 24.7 Å². The topological polar surface area (TPSA) is 119 Å². The third kappa shape index (κ3) is 5.34. The van der Waals surface area contributed by atoms with Gasteiger partial charge in [-0.2, -0.15) is 0 Å². The van der Waals surface area contributed by atoms with Gasteiger partial charge in [0.05, 0.1) is 17.6 Å². The van der Waals surface area contributed by atoms with E-state index in [9.17, 15) is 24.6 Å². The Kier molecular flexibility index (Phi) is 8.99. The van der Waals surface area contributed by atoms with E-state index >= 15 is 0 Å². The molecule has 0 aromatic carbocycles. The number of esters is 3. The fourth-order valence-electron chi connectivity index (χ4n) is 12.0. The van der Waals surface area contributed by atoms with Crippen LogP contribution in [-0.4, -0.2) is 59.1 Å². The third-order valence-corrected chi connectivity index (χ3v) is 14.5. The van der Waals surface area contributed by atoms with Crippen LogP contribution in [0.3, 0.4) is 0 Å². The Morgan fingerprint density at radius 2 is 1.49 bits per heavy atom. The number of aliphatic hydroxyl groups excluding tert-OH is 2. The third-order valence-electron chi connectivity index (χ3n) is 14.5. The molecular formula is C39H60O8. The van der Waals surface area contributed by atoms with Gasteiger partial charge in [0.25, 0.3) is 0 Å². The van der Waals surface area contributed by atoms with Crippen LogP contribution in [0.5, 0.6) is 0 Å². The summed E-state index contributed by atoms with van der Waals surface area (Å²) in [7, 11) is 0. The predicted octanol–water partition coefficient (Wildman–Crippen LogP) is 6.71. The second-order valence-corrected chi connectivity index (χ2v) is 18.1. The summed E-state index contributed by atoms with van der Waals surface area (Å²) in [5.74, 6) is -1.10. The Morgan fingerprint density at radius 1 is 0.830 bits per heavy atom. The van der Waals surface area contributed by atoms with Crippen molar-refractivity contribution < 1.29 is 38.8 Å². The molecule has 0 aromatic heterocycles. The molecule has 11 atom stereocenters. The maximum atomic E-state index is 13.1. The van der Waals surface area contributed by atoms with Gasteiger partial charge in [-0.05, 0) is 98.2 Å². The quantitative estimate of drug-likeness (QED) is 0.145. The molecule has 0 saturated heterocycles. The Balaban J connectivity index is 1.67. The summed E-state index contributed by atoms with van der Waals surface area (Å²) in [4.78, 5) is 38.3. The Bertz CT molecular complexity index is 1360. The highest BCUT2D eigenvalue weighted by molar-refractivity contribution is 5.83. The average molecular weight is 657 g/mol. The van der Waals surface area contributed by atoms with Crippen molar-refractivity contribution >= 4 is 17.9 Å². The van der Waals surface area contributed by atoms with Crippen LogP contribution in [0.25, 0.3) is 0 Å². The highest BCUT2D eigenvalue weighted by Crippen LogP contribution is 2.76. The zero-order chi connectivity index (χ0) is 35.1. The second kappa shape index (κ2) is 11.7. The minimum absolute atomic E-state index is 0.0360. The van der Waals surface area contributed by atoms with Crippen LogP contribution in [0, 0.1) is 50.2 Å². The number of carbonyl (C=O) groups is 3. The molecule has 4 fully saturated rings. The smallest absolute Gasteiger partial charge is 0.331 e. The molecule has 2 N–H and O–H groups in total. The van der Waals surface area contributed by atoms with Crippen molar-refractivity contribution in [1.82, 2.24) is 0 Å². The van der Waals surface area contributed by atoms with E-state index in [1.165, 1.54) is 25.5 Å². The van der Waals surface area contributed by atoms with Gasteiger partial charge in [-0.1, -0.05) is 65.7 Å². The maximum absolute atomic E-state index is 13.1. The Labute approximate surface area is 282 Å². The van der Waals surface area contributed by atoms with Crippen molar-refractivity contribution in [3.63, 3.8) is 0 Å². The monoisotopic (exact) mass is 656 g/mol. The highest BCUT2D eigenvalue weighted by atomic mass is 16.6. The van der Waals surface area contributed by atoms with Gasteiger partial charge in [-0.15, -0.1) is 0 Å². The van der Waals surface area contributed by atoms with Gasteiger partial charge in [-0.25, -0.2) is 4.79 Å². The largest absolute Gasteiger partial charge is 0.465 e. The van der Waals surface area contributed by atoms with Gasteiger partial charge in [0, 0.05) is 25.3 Å². The number of aliphatic hydroxyl groups is 2. The van der Waals surface area contributed by atoms with Crippen molar-refractivity contribution in [1.29, 1.82) is 0 Å². The molecule has 0 radical (unpaired) electrons. The lowest BCUT2D eigenvalue weighted by molar-refractivity contribution is -0.267. The van der Waals surface area contributed by atoms with Crippen LogP contribution < -0.4 is 0 Å². The SMILES string of the molecule is CC(=O)OC[C@@]12[C@H](O)C[C@]3(C)C(=CC[C@@H]4[C@@]5(C)CC[C@@H](O)C(C)(C)[C@@H]5CC[C@]43C)[C@@H]1CC(C)(C)[C@@H](OC(=O)C=C(C)C)[C@@H]2OC(C)=O. The number of hydrogen-bond donors (Lipinski definition) is 2. The van der Waals surface area contributed by atoms with Crippen molar-refractivity contribution in [2.24, 2.45) is 50.2 Å². The van der Waals surface area contributed by atoms with Crippen molar-refractivity contribution in [2.45, 2.75) is 146 Å². The van der Waals surface area contributed by atoms with Crippen molar-refractivity contribution in [2.75, 3.05) is 6.61 Å². The minimum atomic E-state index is -1.21. The first-order chi connectivity index (χ1) is 21.6. The number of carbonyl (C=O) groups excluding carboxylic acids is 3. The number of fused-ring (bicyclic) bond motifs is 7. The predicted molar refractivity (Wildman–Crippen MR) is 179 cm³/mol. The van der Waals surface area contributed by atoms with Gasteiger partial charge in [-0.3, -0.25) is 9.59 Å². The van der Waals surface area contributed by atoms with E-state index in [2.05, 4.69) is 40.7 Å². The fraction of sp³-hybridized carbons (Fsp3) is 0.821. The first-order valence-electron chi connectivity index (χ1n) is 17.8. The standard InChI is InChI=1S/C39H60O8/c1-22(2)18-31(44)47-32-33(46-24(4)41)39(21-45-23(3)40)26(19-34(32,5)6)25-12-13-28-36(9)16-15-29(42)35(7,8)27(36)14-17-37(28,10)38(25,11)20-30(39)43/h12,18,26-30,32-33,42-43H,13-17,19-21H2,1-11H3/t26-,27-,28+,29+,30+,32-,33-,36-,37+,38+,39-/m0/s1. The number of ether oxygens (including phenoxy) is 3. The zero-order valence-corrected chi connectivity index (χ0v) is 30.7. The van der Waals surface area contributed by atoms with Gasteiger partial charge in [0.1, 0.15) is 12.7 Å². The van der Waals surface area contributed by atoms with Crippen molar-refractivity contribution in [3.8, 4) is 0 Å². The number of allylic oxidation sites excluding steroid dienone is 3. The lowest BCUT2D eigenvalue weighted by Crippen LogP contribution is -2.72. The molecule has 0 amide bonds. The molecule has 0 aliphatic heterocycles. The first-order valence-corrected chi connectivity index (χ1v) is 17.8. The van der Waals surface area contributed by atoms with Crippen LogP contribution in [-0.2, 0) is 28.6 Å². The molecule has 4 saturated carbocycles. The lowest BCUT2D eigenvalue weighted by Gasteiger charge is -2.72. The van der Waals surface area contributed by atoms with Gasteiger partial charge < -0.3 is 24.4 Å². The van der Waals surface area contributed by atoms with Crippen LogP contribution in [0.2, 0.25) is 0 Å². The molecule has 5 aliphatic rings. The van der Waals surface area contributed by atoms with Crippen molar-refractivity contribution in [3.05, 3.63) is 23.3 Å². The van der Waals surface area contributed by atoms with E-state index < -0.39 is 47.0 Å². The van der Waals surface area contributed by atoms with Crippen LogP contribution in [0.1, 0.15) is 121 Å². The Hall–Kier alpha value is -2.19. The molecule has 0 bridgehead atoms. The molecule has 5 aliphatic carbocycles. The summed E-state index contributed by atoms with van der Waals surface area (Å²) in [5, 5.41) is 23.7. The molecule has 0 spiro atoms. The summed E-state index contributed by atoms with van der Waals surface area (Å²) in [6.45, 7) is 21.9. The van der Waals surface area contributed by atoms with Crippen LogP contribution >= 0.6 is 0 Å². The summed E-state index contributed by atoms with van der Waals surface area (Å²) < 4.78 is 18.1. The van der Waals surface area contributed by atoms with Crippen LogP contribution in [0.4, 0.5) is 0 Å². The van der Waals surface area contributed by atoms with Crippen LogP contribution in [0.15, 0.2) is 23.3 Å². The molecule has 264 valence electrons. The molecule has 8 nitrogen and oxygen atoms in total. The number of hydrogen-bond acceptors (Lipinski definition) is 8. The van der Waals surface area contributed by atoms with Gasteiger partial charge in [0.2, 0.25) is 0 Å². The summed E-state index contributed by atoms with van der Waals surface area (Å²) in [6, 6.07) is 0. The maximum Gasteiger partial charge on any atom is 0.331 e. The molecule has 47 heavy (non-hydrogen) atoms. The lowest BCUT2D eigenvalue weighted by atomic mass is 9.33. The average Bonchev–Trinajstić information content (AvgIpc) is 2.92. The summed E-state index contributed by atoms with van der Waals surface area (Å²) in [6.07, 6.45) is 6.21. The molecule has 0 heterocycles. The molecule has 0 aromatic rings. The van der Waals surface area contributed by atoms with E-state index in [1.807, 2.05) is 27.7 Å². The first kappa shape index (κ1) is 36.1. The molecule has 0 unspecified atom stereocenters. The van der Waals surface area contributed by atoms with E-state index in [-0.39, 0.29) is 40.3 Å². The molecule has 8 heteroatoms. The van der Waals surface area contributed by atoms with E-state index in [0.717, 1.165) is 37.7 Å². The summed E-state index contributed by atoms with van der Waals surface area (Å²) >= 11 is 0. The Morgan fingerprint density at radius 3 is 2.09 bits per heavy atom. The zero-order valence-electron chi connectivity index (χ0n) is 30.7. The normalized spacial score (nSPS) is 44.6. The van der Waals surface area contributed by atoms with E-state index in [4.69, 9.17) is 14.2 Å². The molecule has 5 rings (SSSR count). The van der Waals surface area contributed by atoms with Gasteiger partial charge >= 0.3 is 17.9 Å². The summed E-state index contributed by atoms with van der Waals surface area (Å²) in [5.41, 5.74) is -0.483. The fourth-order valence-corrected chi connectivity index (χ4v) is 12.0. The highest BCUT2D eigenvalue weighted by Gasteiger charge is 2.73. The van der Waals surface area contributed by atoms with E-state index in [1.54, 1.807) is 0 Å². The minimum Gasteiger partial charge on any atom is -0.465 e.